The predicted octanol–water partition coefficient (Wildman–Crippen LogP) is 6.28. The summed E-state index contributed by atoms with van der Waals surface area (Å²) in [6, 6.07) is 0. The van der Waals surface area contributed by atoms with Gasteiger partial charge in [0.25, 0.3) is 0 Å². The normalized spacial score (nSPS) is 16.3. The Morgan fingerprint density at radius 3 is 2.18 bits per heavy atom. The van der Waals surface area contributed by atoms with Crippen molar-refractivity contribution in [3.05, 3.63) is 39.4 Å². The number of rotatable bonds is 5. The van der Waals surface area contributed by atoms with Gasteiger partial charge in [-0.05, 0) is 55.0 Å². The van der Waals surface area contributed by atoms with Crippen LogP contribution in [0, 0.1) is 6.92 Å². The molecule has 5 heteroatoms. The number of aromatic amines is 1. The number of hydrogen-bond donors (Lipinski definition) is 1. The highest BCUT2D eigenvalue weighted by Crippen LogP contribution is 2.31. The van der Waals surface area contributed by atoms with E-state index in [1.54, 1.807) is 0 Å². The second-order valence-electron chi connectivity index (χ2n) is 5.29. The average molecular weight is 495 g/mol. The fourth-order valence-electron chi connectivity index (χ4n) is 2.98. The lowest BCUT2D eigenvalue weighted by Gasteiger charge is -2.01. The molecule has 122 valence electrons. The maximum Gasteiger partial charge on any atom is 0.0686 e. The second kappa shape index (κ2) is 8.65. The van der Waals surface area contributed by atoms with Gasteiger partial charge in [-0.1, -0.05) is 45.7 Å². The number of hydrogen-bond acceptors (Lipinski definition) is 1. The molecule has 2 heterocycles. The lowest BCUT2D eigenvalue weighted by atomic mass is 10.0. The van der Waals surface area contributed by atoms with Gasteiger partial charge in [-0.15, -0.1) is 17.0 Å². The molecule has 0 unspecified atom stereocenters. The molecule has 0 aliphatic carbocycles. The van der Waals surface area contributed by atoms with Crippen molar-refractivity contribution in [1.29, 1.82) is 0 Å². The molecule has 1 aliphatic rings. The van der Waals surface area contributed by atoms with E-state index in [9.17, 15) is 0 Å². The molecule has 1 N–H and O–H groups in total. The van der Waals surface area contributed by atoms with Gasteiger partial charge >= 0.3 is 0 Å². The summed E-state index contributed by atoms with van der Waals surface area (Å²) in [5, 5.41) is 1.69. The summed E-state index contributed by atoms with van der Waals surface area (Å²) >= 11 is 7.11. The fourth-order valence-corrected chi connectivity index (χ4v) is 3.92. The van der Waals surface area contributed by atoms with E-state index in [0.29, 0.717) is 0 Å². The van der Waals surface area contributed by atoms with Crippen molar-refractivity contribution in [2.75, 3.05) is 5.33 Å². The Balaban J connectivity index is 0.00000242. The first-order chi connectivity index (χ1) is 10.1. The van der Waals surface area contributed by atoms with Crippen LogP contribution in [0.2, 0.25) is 0 Å². The smallest absolute Gasteiger partial charge is 0.0686 e. The van der Waals surface area contributed by atoms with Crippen LogP contribution in [-0.4, -0.2) is 16.0 Å². The fraction of sp³-hybridized carbons (Fsp3) is 0.471. The Morgan fingerprint density at radius 1 is 1.09 bits per heavy atom. The summed E-state index contributed by atoms with van der Waals surface area (Å²) in [5.41, 5.74) is 10.2. The van der Waals surface area contributed by atoms with Gasteiger partial charge < -0.3 is 4.98 Å². The van der Waals surface area contributed by atoms with Crippen molar-refractivity contribution in [1.82, 2.24) is 4.98 Å². The first-order valence-corrected chi connectivity index (χ1v) is 9.63. The second-order valence-corrected chi connectivity index (χ2v) is 6.41. The molecule has 0 amide bonds. The third kappa shape index (κ3) is 3.68. The molecule has 0 aromatic carbocycles. The van der Waals surface area contributed by atoms with Crippen LogP contribution < -0.4 is 0 Å². The lowest BCUT2D eigenvalue weighted by molar-refractivity contribution is 1.08. The van der Waals surface area contributed by atoms with Crippen LogP contribution >= 0.6 is 48.8 Å². The Labute approximate surface area is 160 Å². The van der Waals surface area contributed by atoms with Gasteiger partial charge in [0.2, 0.25) is 0 Å². The van der Waals surface area contributed by atoms with E-state index in [1.165, 1.54) is 39.4 Å². The Kier molecular flexibility index (Phi) is 7.83. The lowest BCUT2D eigenvalue weighted by Crippen LogP contribution is -2.00. The number of halogens is 3. The Morgan fingerprint density at radius 2 is 1.77 bits per heavy atom. The summed E-state index contributed by atoms with van der Waals surface area (Å²) in [5.74, 6) is 0. The highest BCUT2D eigenvalue weighted by Gasteiger charge is 2.19. The molecule has 0 spiro atoms. The summed E-state index contributed by atoms with van der Waals surface area (Å²) in [6.07, 6.45) is 4.28. The SMILES string of the molecule is Br.CCC1=C(C)/C(=C/c2[nH]c(CBr)c(CC)c2C)N=C1CBr. The molecule has 1 aromatic heterocycles. The van der Waals surface area contributed by atoms with Crippen LogP contribution in [0.5, 0.6) is 0 Å². The number of allylic oxidation sites excluding steroid dienone is 2. The standard InChI is InChI=1S/C17H22Br2N2.BrH/c1-5-12-10(3)14(20-16(12)8-18)7-15-11(4)13(6-2)17(9-19)21-15;/h7,20H,5-6,8-9H2,1-4H3;1H/b15-7-;. The Hall–Kier alpha value is -0.130. The van der Waals surface area contributed by atoms with Crippen molar-refractivity contribution in [2.24, 2.45) is 4.99 Å². The minimum Gasteiger partial charge on any atom is -0.358 e. The first kappa shape index (κ1) is 19.9. The maximum absolute atomic E-state index is 4.79. The van der Waals surface area contributed by atoms with E-state index in [4.69, 9.17) is 4.99 Å². The minimum absolute atomic E-state index is 0. The topological polar surface area (TPSA) is 28.1 Å². The van der Waals surface area contributed by atoms with Gasteiger partial charge in [-0.2, -0.15) is 0 Å². The van der Waals surface area contributed by atoms with E-state index in [2.05, 4.69) is 70.6 Å². The number of nitrogens with zero attached hydrogens (tertiary/aromatic N) is 1. The minimum atomic E-state index is 0. The molecule has 0 fully saturated rings. The molecule has 1 aliphatic heterocycles. The molecule has 0 saturated carbocycles. The number of aromatic nitrogens is 1. The summed E-state index contributed by atoms with van der Waals surface area (Å²) in [7, 11) is 0. The van der Waals surface area contributed by atoms with Crippen LogP contribution in [0.25, 0.3) is 6.08 Å². The zero-order valence-corrected chi connectivity index (χ0v) is 18.4. The number of H-pyrrole nitrogens is 1. The van der Waals surface area contributed by atoms with Crippen LogP contribution in [-0.2, 0) is 11.8 Å². The van der Waals surface area contributed by atoms with Crippen molar-refractivity contribution in [3.8, 4) is 0 Å². The summed E-state index contributed by atoms with van der Waals surface area (Å²) in [4.78, 5) is 8.33. The highest BCUT2D eigenvalue weighted by atomic mass is 79.9. The molecule has 0 radical (unpaired) electrons. The van der Waals surface area contributed by atoms with Gasteiger partial charge in [-0.3, -0.25) is 4.99 Å². The van der Waals surface area contributed by atoms with E-state index in [1.807, 2.05) is 0 Å². The van der Waals surface area contributed by atoms with Crippen molar-refractivity contribution < 1.29 is 0 Å². The van der Waals surface area contributed by atoms with Gasteiger partial charge in [0.05, 0.1) is 11.4 Å². The third-order valence-corrected chi connectivity index (χ3v) is 5.29. The molecule has 2 rings (SSSR count). The van der Waals surface area contributed by atoms with Crippen LogP contribution in [0.3, 0.4) is 0 Å². The van der Waals surface area contributed by atoms with Crippen molar-refractivity contribution >= 4 is 60.6 Å². The van der Waals surface area contributed by atoms with E-state index in [-0.39, 0.29) is 17.0 Å². The molecule has 0 saturated heterocycles. The highest BCUT2D eigenvalue weighted by molar-refractivity contribution is 9.09. The largest absolute Gasteiger partial charge is 0.358 e. The summed E-state index contributed by atoms with van der Waals surface area (Å²) in [6.45, 7) is 8.76. The van der Waals surface area contributed by atoms with Crippen LogP contribution in [0.1, 0.15) is 49.7 Å². The molecular formula is C17H23Br3N2. The van der Waals surface area contributed by atoms with Gasteiger partial charge in [0.15, 0.2) is 0 Å². The number of nitrogens with one attached hydrogen (secondary N) is 1. The number of aliphatic imine (C=N–C) groups is 1. The molecule has 22 heavy (non-hydrogen) atoms. The van der Waals surface area contributed by atoms with Gasteiger partial charge in [0, 0.05) is 22.0 Å². The first-order valence-electron chi connectivity index (χ1n) is 7.39. The third-order valence-electron chi connectivity index (χ3n) is 4.20. The van der Waals surface area contributed by atoms with E-state index in [0.717, 1.165) is 29.2 Å². The van der Waals surface area contributed by atoms with Crippen molar-refractivity contribution in [3.63, 3.8) is 0 Å². The molecule has 0 bridgehead atoms. The van der Waals surface area contributed by atoms with E-state index < -0.39 is 0 Å². The average Bonchev–Trinajstić information content (AvgIpc) is 2.96. The van der Waals surface area contributed by atoms with E-state index >= 15 is 0 Å². The van der Waals surface area contributed by atoms with Crippen LogP contribution in [0.15, 0.2) is 21.8 Å². The number of alkyl halides is 2. The Bertz CT molecular complexity index is 637. The monoisotopic (exact) mass is 492 g/mol. The quantitative estimate of drug-likeness (QED) is 0.467. The molecule has 0 atom stereocenters. The van der Waals surface area contributed by atoms with Gasteiger partial charge in [-0.25, -0.2) is 0 Å². The molecule has 2 nitrogen and oxygen atoms in total. The summed E-state index contributed by atoms with van der Waals surface area (Å²) < 4.78 is 0. The van der Waals surface area contributed by atoms with Crippen molar-refractivity contribution in [2.45, 2.75) is 45.9 Å². The zero-order chi connectivity index (χ0) is 15.6. The van der Waals surface area contributed by atoms with Crippen LogP contribution in [0.4, 0.5) is 0 Å². The molecule has 1 aromatic rings. The predicted molar refractivity (Wildman–Crippen MR) is 110 cm³/mol. The zero-order valence-electron chi connectivity index (χ0n) is 13.5. The molecular weight excluding hydrogens is 472 g/mol. The maximum atomic E-state index is 4.79. The van der Waals surface area contributed by atoms with Gasteiger partial charge in [0.1, 0.15) is 0 Å².